The van der Waals surface area contributed by atoms with Crippen molar-refractivity contribution in [3.63, 3.8) is 0 Å². The summed E-state index contributed by atoms with van der Waals surface area (Å²) in [7, 11) is 0. The second-order valence-corrected chi connectivity index (χ2v) is 7.61. The number of amides is 1. The first kappa shape index (κ1) is 20.7. The van der Waals surface area contributed by atoms with Crippen molar-refractivity contribution in [2.24, 2.45) is 0 Å². The van der Waals surface area contributed by atoms with E-state index >= 15 is 0 Å². The van der Waals surface area contributed by atoms with Gasteiger partial charge in [-0.15, -0.1) is 0 Å². The second-order valence-electron chi connectivity index (χ2n) is 7.20. The van der Waals surface area contributed by atoms with E-state index in [1.165, 1.54) is 43.1 Å². The van der Waals surface area contributed by atoms with Gasteiger partial charge in [0.15, 0.2) is 5.11 Å². The lowest BCUT2D eigenvalue weighted by Crippen LogP contribution is -2.37. The predicted molar refractivity (Wildman–Crippen MR) is 119 cm³/mol. The van der Waals surface area contributed by atoms with E-state index in [1.54, 1.807) is 6.92 Å². The fourth-order valence-electron chi connectivity index (χ4n) is 3.62. The van der Waals surface area contributed by atoms with Crippen LogP contribution in [0.25, 0.3) is 0 Å². The van der Waals surface area contributed by atoms with Crippen molar-refractivity contribution < 1.29 is 9.72 Å². The molecule has 2 N–H and O–H groups in total. The molecule has 1 aliphatic rings. The van der Waals surface area contributed by atoms with E-state index in [2.05, 4.69) is 22.5 Å². The van der Waals surface area contributed by atoms with Crippen LogP contribution in [0.1, 0.15) is 42.1 Å². The number of hydrogen-bond acceptors (Lipinski definition) is 5. The van der Waals surface area contributed by atoms with Crippen molar-refractivity contribution in [1.29, 1.82) is 0 Å². The zero-order chi connectivity index (χ0) is 21.0. The Bertz CT molecular complexity index is 930. The summed E-state index contributed by atoms with van der Waals surface area (Å²) in [6.45, 7) is 4.85. The van der Waals surface area contributed by atoms with Crippen molar-refractivity contribution in [1.82, 2.24) is 5.32 Å². The van der Waals surface area contributed by atoms with Crippen LogP contribution in [0.4, 0.5) is 17.1 Å². The van der Waals surface area contributed by atoms with Crippen molar-refractivity contribution >= 4 is 40.3 Å². The highest BCUT2D eigenvalue weighted by atomic mass is 32.1. The van der Waals surface area contributed by atoms with Crippen LogP contribution < -0.4 is 15.5 Å². The van der Waals surface area contributed by atoms with Gasteiger partial charge in [-0.05, 0) is 75.7 Å². The maximum absolute atomic E-state index is 12.5. The number of piperidine rings is 1. The third-order valence-corrected chi connectivity index (χ3v) is 5.44. The second kappa shape index (κ2) is 9.00. The van der Waals surface area contributed by atoms with Crippen LogP contribution in [0.2, 0.25) is 0 Å². The zero-order valence-corrected chi connectivity index (χ0v) is 17.3. The Morgan fingerprint density at radius 2 is 1.93 bits per heavy atom. The Morgan fingerprint density at radius 1 is 1.21 bits per heavy atom. The van der Waals surface area contributed by atoms with Crippen LogP contribution in [0.3, 0.4) is 0 Å². The van der Waals surface area contributed by atoms with E-state index in [4.69, 9.17) is 12.2 Å². The first-order valence-electron chi connectivity index (χ1n) is 9.60. The van der Waals surface area contributed by atoms with E-state index in [9.17, 15) is 14.9 Å². The molecule has 2 aromatic rings. The molecule has 8 heteroatoms. The predicted octanol–water partition coefficient (Wildman–Crippen LogP) is 4.41. The number of carbonyl (C=O) groups is 1. The van der Waals surface area contributed by atoms with Gasteiger partial charge in [-0.25, -0.2) is 0 Å². The molecule has 1 heterocycles. The number of hydrogen-bond donors (Lipinski definition) is 2. The summed E-state index contributed by atoms with van der Waals surface area (Å²) in [4.78, 5) is 25.4. The topological polar surface area (TPSA) is 87.5 Å². The third-order valence-electron chi connectivity index (χ3n) is 5.23. The van der Waals surface area contributed by atoms with Gasteiger partial charge in [0.1, 0.15) is 0 Å². The third kappa shape index (κ3) is 4.89. The largest absolute Gasteiger partial charge is 0.369 e. The SMILES string of the molecule is Cc1c(C(=O)NC(=S)Nc2ccc(N3CCCC[C@H]3C)cc2)cccc1[N+](=O)[O-]. The Labute approximate surface area is 175 Å². The molecule has 1 saturated heterocycles. The molecular formula is C21H24N4O3S. The number of nitrogens with zero attached hydrogens (tertiary/aromatic N) is 2. The number of nitro groups is 1. The molecule has 0 aromatic heterocycles. The van der Waals surface area contributed by atoms with Gasteiger partial charge in [0.05, 0.1) is 4.92 Å². The summed E-state index contributed by atoms with van der Waals surface area (Å²) in [6, 6.07) is 12.8. The number of nitrogens with one attached hydrogen (secondary N) is 2. The number of carbonyl (C=O) groups excluding carboxylic acids is 1. The normalized spacial score (nSPS) is 16.2. The minimum atomic E-state index is -0.507. The highest BCUT2D eigenvalue weighted by molar-refractivity contribution is 7.80. The molecule has 0 radical (unpaired) electrons. The lowest BCUT2D eigenvalue weighted by Gasteiger charge is -2.35. The van der Waals surface area contributed by atoms with E-state index < -0.39 is 10.8 Å². The molecule has 0 unspecified atom stereocenters. The van der Waals surface area contributed by atoms with Gasteiger partial charge >= 0.3 is 0 Å². The Morgan fingerprint density at radius 3 is 2.59 bits per heavy atom. The molecule has 1 atom stereocenters. The standard InChI is InChI=1S/C21H24N4O3S/c1-14-6-3-4-13-24(14)17-11-9-16(10-12-17)22-21(29)23-20(26)18-7-5-8-19(15(18)2)25(27)28/h5,7-12,14H,3-4,6,13H2,1-2H3,(H2,22,23,26,29)/t14-/m1/s1. The van der Waals surface area contributed by atoms with Crippen LogP contribution in [-0.4, -0.2) is 28.5 Å². The number of thiocarbonyl (C=S) groups is 1. The van der Waals surface area contributed by atoms with E-state index in [0.717, 1.165) is 12.2 Å². The molecule has 0 saturated carbocycles. The number of nitro benzene ring substituents is 1. The molecule has 0 bridgehead atoms. The molecular weight excluding hydrogens is 388 g/mol. The lowest BCUT2D eigenvalue weighted by molar-refractivity contribution is -0.385. The number of anilines is 2. The molecule has 3 rings (SSSR count). The highest BCUT2D eigenvalue weighted by Crippen LogP contribution is 2.26. The molecule has 29 heavy (non-hydrogen) atoms. The maximum Gasteiger partial charge on any atom is 0.273 e. The minimum Gasteiger partial charge on any atom is -0.369 e. The monoisotopic (exact) mass is 412 g/mol. The molecule has 1 amide bonds. The average molecular weight is 413 g/mol. The quantitative estimate of drug-likeness (QED) is 0.439. The summed E-state index contributed by atoms with van der Waals surface area (Å²) >= 11 is 5.23. The van der Waals surface area contributed by atoms with Gasteiger partial charge in [-0.1, -0.05) is 6.07 Å². The summed E-state index contributed by atoms with van der Waals surface area (Å²) < 4.78 is 0. The van der Waals surface area contributed by atoms with Crippen LogP contribution in [0.15, 0.2) is 42.5 Å². The van der Waals surface area contributed by atoms with Crippen molar-refractivity contribution in [3.8, 4) is 0 Å². The average Bonchev–Trinajstić information content (AvgIpc) is 2.69. The zero-order valence-electron chi connectivity index (χ0n) is 16.5. The van der Waals surface area contributed by atoms with Crippen molar-refractivity contribution in [3.05, 3.63) is 63.7 Å². The summed E-state index contributed by atoms with van der Waals surface area (Å²) in [5, 5.41) is 16.8. The molecule has 152 valence electrons. The molecule has 0 aliphatic carbocycles. The minimum absolute atomic E-state index is 0.0981. The summed E-state index contributed by atoms with van der Waals surface area (Å²) in [5.74, 6) is -0.484. The van der Waals surface area contributed by atoms with Crippen LogP contribution in [0.5, 0.6) is 0 Å². The van der Waals surface area contributed by atoms with Crippen molar-refractivity contribution in [2.75, 3.05) is 16.8 Å². The Balaban J connectivity index is 1.63. The first-order valence-corrected chi connectivity index (χ1v) is 10.0. The molecule has 1 fully saturated rings. The molecule has 1 aliphatic heterocycles. The lowest BCUT2D eigenvalue weighted by atomic mass is 10.0. The fraction of sp³-hybridized carbons (Fsp3) is 0.333. The molecule has 7 nitrogen and oxygen atoms in total. The first-order chi connectivity index (χ1) is 13.9. The fourth-order valence-corrected chi connectivity index (χ4v) is 3.83. The van der Waals surface area contributed by atoms with E-state index in [0.29, 0.717) is 11.6 Å². The van der Waals surface area contributed by atoms with Gasteiger partial charge in [-0.2, -0.15) is 0 Å². The maximum atomic E-state index is 12.5. The van der Waals surface area contributed by atoms with E-state index in [1.807, 2.05) is 24.3 Å². The summed E-state index contributed by atoms with van der Waals surface area (Å²) in [5.41, 5.74) is 2.36. The van der Waals surface area contributed by atoms with Crippen LogP contribution in [-0.2, 0) is 0 Å². The van der Waals surface area contributed by atoms with Gasteiger partial charge in [0, 0.05) is 41.2 Å². The van der Waals surface area contributed by atoms with Crippen LogP contribution in [0, 0.1) is 17.0 Å². The van der Waals surface area contributed by atoms with Gasteiger partial charge < -0.3 is 10.2 Å². The number of benzene rings is 2. The van der Waals surface area contributed by atoms with Gasteiger partial charge in [-0.3, -0.25) is 20.2 Å². The van der Waals surface area contributed by atoms with Gasteiger partial charge in [0.25, 0.3) is 11.6 Å². The Kier molecular flexibility index (Phi) is 6.43. The van der Waals surface area contributed by atoms with Crippen molar-refractivity contribution in [2.45, 2.75) is 39.2 Å². The molecule has 2 aromatic carbocycles. The molecule has 0 spiro atoms. The highest BCUT2D eigenvalue weighted by Gasteiger charge is 2.20. The smallest absolute Gasteiger partial charge is 0.273 e. The summed E-state index contributed by atoms with van der Waals surface area (Å²) in [6.07, 6.45) is 3.68. The number of rotatable bonds is 4. The van der Waals surface area contributed by atoms with E-state index in [-0.39, 0.29) is 16.4 Å². The van der Waals surface area contributed by atoms with Gasteiger partial charge in [0.2, 0.25) is 0 Å². The van der Waals surface area contributed by atoms with Crippen LogP contribution >= 0.6 is 12.2 Å². The Hall–Kier alpha value is -3.00.